The highest BCUT2D eigenvalue weighted by molar-refractivity contribution is 5.77. The molecular formula is C14H20N4O2. The van der Waals surface area contributed by atoms with Gasteiger partial charge in [0.05, 0.1) is 6.61 Å². The van der Waals surface area contributed by atoms with Crippen LogP contribution in [0.1, 0.15) is 19.3 Å². The summed E-state index contributed by atoms with van der Waals surface area (Å²) in [5, 5.41) is 8.15. The molecule has 0 saturated carbocycles. The summed E-state index contributed by atoms with van der Waals surface area (Å²) in [6.07, 6.45) is 4.77. The number of carbonyl (C=O) groups is 1. The van der Waals surface area contributed by atoms with E-state index in [9.17, 15) is 4.79 Å². The maximum absolute atomic E-state index is 11.6. The van der Waals surface area contributed by atoms with Gasteiger partial charge in [0.15, 0.2) is 5.82 Å². The minimum absolute atomic E-state index is 0.0840. The van der Waals surface area contributed by atoms with Crippen LogP contribution in [0.2, 0.25) is 0 Å². The third-order valence-electron chi connectivity index (χ3n) is 4.17. The van der Waals surface area contributed by atoms with Crippen molar-refractivity contribution < 1.29 is 9.53 Å². The van der Waals surface area contributed by atoms with Gasteiger partial charge >= 0.3 is 5.97 Å². The molecule has 3 rings (SSSR count). The van der Waals surface area contributed by atoms with Gasteiger partial charge in [-0.15, -0.1) is 5.10 Å². The highest BCUT2D eigenvalue weighted by Crippen LogP contribution is 2.24. The number of anilines is 1. The SMILES string of the molecule is CN(C[C@@H]1CCCN1c1cccnn1)[C@H]1CCOC1=O. The zero-order valence-electron chi connectivity index (χ0n) is 11.7. The summed E-state index contributed by atoms with van der Waals surface area (Å²) in [6.45, 7) is 2.41. The number of hydrogen-bond acceptors (Lipinski definition) is 6. The van der Waals surface area contributed by atoms with Crippen molar-refractivity contribution in [1.82, 2.24) is 15.1 Å². The van der Waals surface area contributed by atoms with Gasteiger partial charge < -0.3 is 9.64 Å². The number of aromatic nitrogens is 2. The Morgan fingerprint density at radius 1 is 1.50 bits per heavy atom. The number of ether oxygens (including phenoxy) is 1. The van der Waals surface area contributed by atoms with Crippen LogP contribution in [0.5, 0.6) is 0 Å². The Labute approximate surface area is 118 Å². The Bertz CT molecular complexity index is 468. The molecule has 0 bridgehead atoms. The smallest absolute Gasteiger partial charge is 0.323 e. The quantitative estimate of drug-likeness (QED) is 0.754. The zero-order chi connectivity index (χ0) is 13.9. The van der Waals surface area contributed by atoms with E-state index < -0.39 is 0 Å². The molecule has 1 aromatic rings. The first-order valence-corrected chi connectivity index (χ1v) is 7.17. The van der Waals surface area contributed by atoms with E-state index in [0.29, 0.717) is 12.6 Å². The first-order chi connectivity index (χ1) is 9.75. The zero-order valence-corrected chi connectivity index (χ0v) is 11.7. The summed E-state index contributed by atoms with van der Waals surface area (Å²) in [5.74, 6) is 0.842. The Morgan fingerprint density at radius 2 is 2.40 bits per heavy atom. The van der Waals surface area contributed by atoms with Gasteiger partial charge in [0.25, 0.3) is 0 Å². The van der Waals surface area contributed by atoms with Gasteiger partial charge in [-0.3, -0.25) is 9.69 Å². The van der Waals surface area contributed by atoms with Crippen LogP contribution in [0.25, 0.3) is 0 Å². The van der Waals surface area contributed by atoms with Gasteiger partial charge in [0.2, 0.25) is 0 Å². The Hall–Kier alpha value is -1.69. The molecule has 0 unspecified atom stereocenters. The number of esters is 1. The molecule has 1 aromatic heterocycles. The molecule has 108 valence electrons. The van der Waals surface area contributed by atoms with Gasteiger partial charge in [-0.25, -0.2) is 0 Å². The minimum atomic E-state index is -0.0865. The molecular weight excluding hydrogens is 256 g/mol. The maximum atomic E-state index is 11.6. The van der Waals surface area contributed by atoms with Crippen molar-refractivity contribution in [2.75, 3.05) is 31.6 Å². The summed E-state index contributed by atoms with van der Waals surface area (Å²) in [7, 11) is 2.00. The molecule has 0 aromatic carbocycles. The maximum Gasteiger partial charge on any atom is 0.323 e. The van der Waals surface area contributed by atoms with Crippen molar-refractivity contribution in [3.63, 3.8) is 0 Å². The van der Waals surface area contributed by atoms with E-state index in [-0.39, 0.29) is 12.0 Å². The average molecular weight is 276 g/mol. The number of nitrogens with zero attached hydrogens (tertiary/aromatic N) is 4. The number of cyclic esters (lactones) is 1. The van der Waals surface area contributed by atoms with Gasteiger partial charge in [0, 0.05) is 31.7 Å². The lowest BCUT2D eigenvalue weighted by Gasteiger charge is -2.30. The third-order valence-corrected chi connectivity index (χ3v) is 4.17. The summed E-state index contributed by atoms with van der Waals surface area (Å²) >= 11 is 0. The fraction of sp³-hybridized carbons (Fsp3) is 0.643. The van der Waals surface area contributed by atoms with Gasteiger partial charge in [-0.05, 0) is 32.0 Å². The van der Waals surface area contributed by atoms with Crippen LogP contribution >= 0.6 is 0 Å². The Morgan fingerprint density at radius 3 is 3.10 bits per heavy atom. The van der Waals surface area contributed by atoms with E-state index in [1.54, 1.807) is 6.20 Å². The standard InChI is InChI=1S/C14H20N4O2/c1-17(12-6-9-20-14(12)19)10-11-4-3-8-18(11)13-5-2-7-15-16-13/h2,5,7,11-12H,3-4,6,8-10H2,1H3/t11-,12-/m0/s1. The third kappa shape index (κ3) is 2.60. The highest BCUT2D eigenvalue weighted by atomic mass is 16.5. The molecule has 2 aliphatic heterocycles. The Kier molecular flexibility index (Phi) is 3.82. The first kappa shape index (κ1) is 13.3. The fourth-order valence-corrected chi connectivity index (χ4v) is 3.12. The average Bonchev–Trinajstić information content (AvgIpc) is 3.08. The van der Waals surface area contributed by atoms with Gasteiger partial charge in [0.1, 0.15) is 6.04 Å². The molecule has 2 atom stereocenters. The van der Waals surface area contributed by atoms with Crippen molar-refractivity contribution in [1.29, 1.82) is 0 Å². The van der Waals surface area contributed by atoms with Crippen molar-refractivity contribution in [2.24, 2.45) is 0 Å². The van der Waals surface area contributed by atoms with Crippen LogP contribution in [0.3, 0.4) is 0 Å². The molecule has 3 heterocycles. The molecule has 0 N–H and O–H groups in total. The molecule has 2 saturated heterocycles. The van der Waals surface area contributed by atoms with Crippen molar-refractivity contribution in [3.8, 4) is 0 Å². The summed E-state index contributed by atoms with van der Waals surface area (Å²) < 4.78 is 5.05. The van der Waals surface area contributed by atoms with E-state index >= 15 is 0 Å². The van der Waals surface area contributed by atoms with E-state index in [0.717, 1.165) is 38.2 Å². The number of likely N-dealkylation sites (N-methyl/N-ethyl adjacent to an activating group) is 1. The summed E-state index contributed by atoms with van der Waals surface area (Å²) in [6, 6.07) is 4.22. The highest BCUT2D eigenvalue weighted by Gasteiger charge is 2.34. The second kappa shape index (κ2) is 5.75. The van der Waals surface area contributed by atoms with Crippen molar-refractivity contribution >= 4 is 11.8 Å². The monoisotopic (exact) mass is 276 g/mol. The fourth-order valence-electron chi connectivity index (χ4n) is 3.12. The predicted molar refractivity (Wildman–Crippen MR) is 74.4 cm³/mol. The molecule has 0 spiro atoms. The molecule has 2 aliphatic rings. The second-order valence-corrected chi connectivity index (χ2v) is 5.48. The van der Waals surface area contributed by atoms with Crippen LogP contribution in [0.4, 0.5) is 5.82 Å². The normalized spacial score (nSPS) is 26.3. The summed E-state index contributed by atoms with van der Waals surface area (Å²) in [4.78, 5) is 16.1. The van der Waals surface area contributed by atoms with Crippen LogP contribution in [0, 0.1) is 0 Å². The number of rotatable bonds is 4. The van der Waals surface area contributed by atoms with E-state index in [2.05, 4.69) is 20.0 Å². The molecule has 0 aliphatic carbocycles. The molecule has 6 nitrogen and oxygen atoms in total. The van der Waals surface area contributed by atoms with Gasteiger partial charge in [-0.2, -0.15) is 5.10 Å². The lowest BCUT2D eigenvalue weighted by atomic mass is 10.1. The molecule has 0 radical (unpaired) electrons. The van der Waals surface area contributed by atoms with Crippen molar-refractivity contribution in [3.05, 3.63) is 18.3 Å². The van der Waals surface area contributed by atoms with Crippen LogP contribution in [-0.2, 0) is 9.53 Å². The van der Waals surface area contributed by atoms with Crippen LogP contribution < -0.4 is 4.90 Å². The molecule has 2 fully saturated rings. The largest absolute Gasteiger partial charge is 0.464 e. The molecule has 20 heavy (non-hydrogen) atoms. The molecule has 6 heteroatoms. The number of hydrogen-bond donors (Lipinski definition) is 0. The molecule has 0 amide bonds. The van der Waals surface area contributed by atoms with E-state index in [1.165, 1.54) is 0 Å². The Balaban J connectivity index is 1.65. The number of carbonyl (C=O) groups excluding carboxylic acids is 1. The second-order valence-electron chi connectivity index (χ2n) is 5.48. The summed E-state index contributed by atoms with van der Waals surface area (Å²) in [5.41, 5.74) is 0. The lowest BCUT2D eigenvalue weighted by molar-refractivity contribution is -0.142. The van der Waals surface area contributed by atoms with E-state index in [1.807, 2.05) is 19.2 Å². The lowest BCUT2D eigenvalue weighted by Crippen LogP contribution is -2.44. The van der Waals surface area contributed by atoms with Crippen LogP contribution in [0.15, 0.2) is 18.3 Å². The first-order valence-electron chi connectivity index (χ1n) is 7.17. The van der Waals surface area contributed by atoms with Crippen LogP contribution in [-0.4, -0.2) is 59.9 Å². The van der Waals surface area contributed by atoms with E-state index in [4.69, 9.17) is 4.74 Å². The van der Waals surface area contributed by atoms with Crippen molar-refractivity contribution in [2.45, 2.75) is 31.3 Å². The minimum Gasteiger partial charge on any atom is -0.464 e. The van der Waals surface area contributed by atoms with Gasteiger partial charge in [-0.1, -0.05) is 0 Å². The predicted octanol–water partition coefficient (Wildman–Crippen LogP) is 0.693. The topological polar surface area (TPSA) is 58.6 Å².